The van der Waals surface area contributed by atoms with Gasteiger partial charge in [0.05, 0.1) is 5.25 Å². The van der Waals surface area contributed by atoms with Gasteiger partial charge >= 0.3 is 0 Å². The van der Waals surface area contributed by atoms with Gasteiger partial charge in [-0.2, -0.15) is 0 Å². The number of primary amides is 1. The lowest BCUT2D eigenvalue weighted by Gasteiger charge is -2.06. The smallest absolute Gasteiger partial charge is 0.230 e. The molecule has 0 bridgehead atoms. The second-order valence-electron chi connectivity index (χ2n) is 3.34. The molecular formula is C11H15NOS. The molecule has 1 aromatic carbocycles. The first-order valence-electron chi connectivity index (χ1n) is 4.56. The van der Waals surface area contributed by atoms with Crippen molar-refractivity contribution in [1.29, 1.82) is 0 Å². The first-order valence-corrected chi connectivity index (χ1v) is 5.61. The zero-order chi connectivity index (χ0) is 10.6. The van der Waals surface area contributed by atoms with Crippen LogP contribution in [0.15, 0.2) is 24.3 Å². The Morgan fingerprint density at radius 3 is 2.50 bits per heavy atom. The normalized spacial score (nSPS) is 12.4. The van der Waals surface area contributed by atoms with E-state index >= 15 is 0 Å². The van der Waals surface area contributed by atoms with Crippen molar-refractivity contribution < 1.29 is 4.79 Å². The lowest BCUT2D eigenvalue weighted by atomic mass is 10.2. The topological polar surface area (TPSA) is 43.1 Å². The van der Waals surface area contributed by atoms with Crippen molar-refractivity contribution in [1.82, 2.24) is 0 Å². The van der Waals surface area contributed by atoms with E-state index in [4.69, 9.17) is 5.73 Å². The SMILES string of the molecule is Cc1ccc(CSC(C)C(N)=O)cc1. The second kappa shape index (κ2) is 5.05. The first-order chi connectivity index (χ1) is 6.59. The summed E-state index contributed by atoms with van der Waals surface area (Å²) in [5.74, 6) is 0.590. The minimum Gasteiger partial charge on any atom is -0.369 e. The monoisotopic (exact) mass is 209 g/mol. The summed E-state index contributed by atoms with van der Waals surface area (Å²) in [6, 6.07) is 8.31. The maximum Gasteiger partial charge on any atom is 0.230 e. The van der Waals surface area contributed by atoms with E-state index in [9.17, 15) is 4.79 Å². The van der Waals surface area contributed by atoms with Gasteiger partial charge in [-0.3, -0.25) is 4.79 Å². The van der Waals surface area contributed by atoms with Crippen LogP contribution in [0.3, 0.4) is 0 Å². The Balaban J connectivity index is 2.46. The van der Waals surface area contributed by atoms with E-state index in [2.05, 4.69) is 31.2 Å². The van der Waals surface area contributed by atoms with Gasteiger partial charge < -0.3 is 5.73 Å². The number of carbonyl (C=O) groups excluding carboxylic acids is 1. The molecule has 0 spiro atoms. The summed E-state index contributed by atoms with van der Waals surface area (Å²) < 4.78 is 0. The largest absolute Gasteiger partial charge is 0.369 e. The Morgan fingerprint density at radius 1 is 1.43 bits per heavy atom. The van der Waals surface area contributed by atoms with E-state index in [-0.39, 0.29) is 11.2 Å². The van der Waals surface area contributed by atoms with Crippen molar-refractivity contribution in [2.45, 2.75) is 24.9 Å². The fourth-order valence-corrected chi connectivity index (χ4v) is 1.79. The zero-order valence-electron chi connectivity index (χ0n) is 8.49. The third kappa shape index (κ3) is 3.42. The van der Waals surface area contributed by atoms with Gasteiger partial charge in [0.25, 0.3) is 0 Å². The summed E-state index contributed by atoms with van der Waals surface area (Å²) in [5.41, 5.74) is 7.65. The molecule has 1 atom stereocenters. The number of hydrogen-bond donors (Lipinski definition) is 1. The highest BCUT2D eigenvalue weighted by atomic mass is 32.2. The van der Waals surface area contributed by atoms with E-state index < -0.39 is 0 Å². The van der Waals surface area contributed by atoms with Crippen LogP contribution in [-0.2, 0) is 10.5 Å². The highest BCUT2D eigenvalue weighted by Gasteiger charge is 2.08. The standard InChI is InChI=1S/C11H15NOS/c1-8-3-5-10(6-4-8)7-14-9(2)11(12)13/h3-6,9H,7H2,1-2H3,(H2,12,13). The molecule has 0 saturated heterocycles. The van der Waals surface area contributed by atoms with Crippen LogP contribution in [0.2, 0.25) is 0 Å². The molecule has 76 valence electrons. The molecule has 1 aromatic rings. The van der Waals surface area contributed by atoms with Crippen LogP contribution in [0, 0.1) is 6.92 Å². The molecule has 14 heavy (non-hydrogen) atoms. The van der Waals surface area contributed by atoms with E-state index in [1.165, 1.54) is 11.1 Å². The maximum atomic E-state index is 10.8. The van der Waals surface area contributed by atoms with Gasteiger partial charge in [0.1, 0.15) is 0 Å². The van der Waals surface area contributed by atoms with Crippen LogP contribution in [0.25, 0.3) is 0 Å². The van der Waals surface area contributed by atoms with Crippen molar-refractivity contribution in [2.75, 3.05) is 0 Å². The predicted molar refractivity (Wildman–Crippen MR) is 61.1 cm³/mol. The lowest BCUT2D eigenvalue weighted by molar-refractivity contribution is -0.117. The van der Waals surface area contributed by atoms with Gasteiger partial charge in [0.2, 0.25) is 5.91 Å². The van der Waals surface area contributed by atoms with E-state index in [0.29, 0.717) is 0 Å². The minimum atomic E-state index is -0.248. The summed E-state index contributed by atoms with van der Waals surface area (Å²) in [4.78, 5) is 10.8. The molecule has 0 aliphatic carbocycles. The summed E-state index contributed by atoms with van der Waals surface area (Å²) in [6.45, 7) is 3.89. The molecule has 0 aliphatic heterocycles. The Labute approximate surface area is 88.9 Å². The molecular weight excluding hydrogens is 194 g/mol. The molecule has 1 unspecified atom stereocenters. The number of hydrogen-bond acceptors (Lipinski definition) is 2. The fourth-order valence-electron chi connectivity index (χ4n) is 0.988. The highest BCUT2D eigenvalue weighted by molar-refractivity contribution is 7.99. The Bertz CT molecular complexity index is 308. The lowest BCUT2D eigenvalue weighted by Crippen LogP contribution is -2.22. The molecule has 1 rings (SSSR count). The van der Waals surface area contributed by atoms with Crippen molar-refractivity contribution in [3.63, 3.8) is 0 Å². The molecule has 0 aromatic heterocycles. The average Bonchev–Trinajstić information content (AvgIpc) is 2.16. The van der Waals surface area contributed by atoms with Crippen molar-refractivity contribution >= 4 is 17.7 Å². The second-order valence-corrected chi connectivity index (χ2v) is 4.67. The summed E-state index contributed by atoms with van der Waals surface area (Å²) in [7, 11) is 0. The predicted octanol–water partition coefficient (Wildman–Crippen LogP) is 2.10. The molecule has 0 radical (unpaired) electrons. The third-order valence-corrected chi connectivity index (χ3v) is 3.25. The van der Waals surface area contributed by atoms with Gasteiger partial charge in [-0.1, -0.05) is 29.8 Å². The van der Waals surface area contributed by atoms with Crippen LogP contribution >= 0.6 is 11.8 Å². The number of amides is 1. The van der Waals surface area contributed by atoms with E-state index in [1.807, 2.05) is 6.92 Å². The molecule has 0 aliphatic rings. The van der Waals surface area contributed by atoms with E-state index in [1.54, 1.807) is 11.8 Å². The van der Waals surface area contributed by atoms with Gasteiger partial charge in [0, 0.05) is 5.75 Å². The van der Waals surface area contributed by atoms with Crippen LogP contribution in [-0.4, -0.2) is 11.2 Å². The number of rotatable bonds is 4. The summed E-state index contributed by atoms with van der Waals surface area (Å²) in [5, 5.41) is -0.115. The Hall–Kier alpha value is -0.960. The van der Waals surface area contributed by atoms with Gasteiger partial charge in [-0.15, -0.1) is 11.8 Å². The zero-order valence-corrected chi connectivity index (χ0v) is 9.30. The molecule has 2 nitrogen and oxygen atoms in total. The van der Waals surface area contributed by atoms with Crippen LogP contribution in [0.4, 0.5) is 0 Å². The number of carbonyl (C=O) groups is 1. The van der Waals surface area contributed by atoms with Gasteiger partial charge in [-0.25, -0.2) is 0 Å². The van der Waals surface area contributed by atoms with Crippen molar-refractivity contribution in [3.8, 4) is 0 Å². The van der Waals surface area contributed by atoms with Crippen molar-refractivity contribution in [2.24, 2.45) is 5.73 Å². The minimum absolute atomic E-state index is 0.115. The highest BCUT2D eigenvalue weighted by Crippen LogP contribution is 2.17. The van der Waals surface area contributed by atoms with Crippen LogP contribution < -0.4 is 5.73 Å². The van der Waals surface area contributed by atoms with E-state index in [0.717, 1.165) is 5.75 Å². The molecule has 3 heteroatoms. The first kappa shape index (κ1) is 11.1. The number of nitrogens with two attached hydrogens (primary N) is 1. The third-order valence-electron chi connectivity index (χ3n) is 2.02. The Morgan fingerprint density at radius 2 is 2.00 bits per heavy atom. The average molecular weight is 209 g/mol. The molecule has 0 fully saturated rings. The summed E-state index contributed by atoms with van der Waals surface area (Å²) >= 11 is 1.57. The van der Waals surface area contributed by atoms with Crippen molar-refractivity contribution in [3.05, 3.63) is 35.4 Å². The number of aryl methyl sites for hydroxylation is 1. The molecule has 2 N–H and O–H groups in total. The maximum absolute atomic E-state index is 10.8. The fraction of sp³-hybridized carbons (Fsp3) is 0.364. The molecule has 1 amide bonds. The van der Waals surface area contributed by atoms with Gasteiger partial charge in [-0.05, 0) is 19.4 Å². The Kier molecular flexibility index (Phi) is 4.01. The quantitative estimate of drug-likeness (QED) is 0.825. The van der Waals surface area contributed by atoms with Gasteiger partial charge in [0.15, 0.2) is 0 Å². The molecule has 0 heterocycles. The van der Waals surface area contributed by atoms with Crippen LogP contribution in [0.5, 0.6) is 0 Å². The molecule has 0 saturated carbocycles. The number of benzene rings is 1. The number of thioether (sulfide) groups is 1. The summed E-state index contributed by atoms with van der Waals surface area (Å²) in [6.07, 6.45) is 0. The van der Waals surface area contributed by atoms with Crippen LogP contribution in [0.1, 0.15) is 18.1 Å².